The molecule has 29 heavy (non-hydrogen) atoms. The van der Waals surface area contributed by atoms with Gasteiger partial charge in [-0.2, -0.15) is 0 Å². The van der Waals surface area contributed by atoms with Crippen LogP contribution in [0.4, 0.5) is 0 Å². The fraction of sp³-hybridized carbons (Fsp3) is 0.455. The van der Waals surface area contributed by atoms with Crippen molar-refractivity contribution in [3.63, 3.8) is 0 Å². The van der Waals surface area contributed by atoms with Crippen molar-refractivity contribution in [2.24, 2.45) is 11.8 Å². The molecular weight excluding hydrogens is 372 g/mol. The molecule has 7 nitrogen and oxygen atoms in total. The zero-order valence-corrected chi connectivity index (χ0v) is 16.4. The molecule has 0 spiro atoms. The summed E-state index contributed by atoms with van der Waals surface area (Å²) in [4.78, 5) is 0. The van der Waals surface area contributed by atoms with E-state index >= 15 is 0 Å². The molecule has 1 aliphatic carbocycles. The summed E-state index contributed by atoms with van der Waals surface area (Å²) >= 11 is 0. The van der Waals surface area contributed by atoms with Gasteiger partial charge in [-0.15, -0.1) is 0 Å². The Morgan fingerprint density at radius 3 is 2.17 bits per heavy atom. The minimum atomic E-state index is -0.887. The van der Waals surface area contributed by atoms with Gasteiger partial charge in [0.15, 0.2) is 23.0 Å². The van der Waals surface area contributed by atoms with Gasteiger partial charge in [0.1, 0.15) is 6.23 Å². The maximum absolute atomic E-state index is 10.3. The van der Waals surface area contributed by atoms with Crippen LogP contribution in [0.15, 0.2) is 36.4 Å². The summed E-state index contributed by atoms with van der Waals surface area (Å²) in [6.07, 6.45) is 3.60. The number of benzene rings is 2. The van der Waals surface area contributed by atoms with Gasteiger partial charge < -0.3 is 30.8 Å². The molecule has 0 amide bonds. The predicted octanol–water partition coefficient (Wildman–Crippen LogP) is 2.69. The van der Waals surface area contributed by atoms with Crippen LogP contribution in [0.3, 0.4) is 0 Å². The van der Waals surface area contributed by atoms with Crippen molar-refractivity contribution in [3.8, 4) is 23.0 Å². The lowest BCUT2D eigenvalue weighted by molar-refractivity contribution is 0.123. The zero-order chi connectivity index (χ0) is 20.8. The summed E-state index contributed by atoms with van der Waals surface area (Å²) in [7, 11) is 0. The molecule has 0 saturated heterocycles. The van der Waals surface area contributed by atoms with Crippen LogP contribution in [-0.2, 0) is 6.54 Å². The Kier molecular flexibility index (Phi) is 7.19. The van der Waals surface area contributed by atoms with Crippen molar-refractivity contribution in [2.45, 2.75) is 38.5 Å². The van der Waals surface area contributed by atoms with E-state index < -0.39 is 6.23 Å². The minimum Gasteiger partial charge on any atom is -0.504 e. The molecule has 2 aromatic carbocycles. The third-order valence-corrected chi connectivity index (χ3v) is 5.61. The van der Waals surface area contributed by atoms with Gasteiger partial charge in [-0.3, -0.25) is 5.32 Å². The van der Waals surface area contributed by atoms with Gasteiger partial charge in [0.2, 0.25) is 0 Å². The molecule has 1 aliphatic rings. The normalized spacial score (nSPS) is 20.4. The summed E-state index contributed by atoms with van der Waals surface area (Å²) in [6.45, 7) is 2.20. The molecule has 0 aromatic heterocycles. The summed E-state index contributed by atoms with van der Waals surface area (Å²) in [5.41, 5.74) is 1.45. The van der Waals surface area contributed by atoms with Gasteiger partial charge >= 0.3 is 0 Å². The van der Waals surface area contributed by atoms with Crippen LogP contribution in [-0.4, -0.2) is 38.6 Å². The molecule has 2 aromatic rings. The smallest absolute Gasteiger partial charge is 0.157 e. The van der Waals surface area contributed by atoms with Crippen LogP contribution in [0.1, 0.15) is 43.0 Å². The van der Waals surface area contributed by atoms with Gasteiger partial charge in [0.25, 0.3) is 0 Å². The van der Waals surface area contributed by atoms with Crippen LogP contribution in [0.25, 0.3) is 0 Å². The molecule has 3 rings (SSSR count). The second-order valence-electron chi connectivity index (χ2n) is 7.91. The molecule has 1 saturated carbocycles. The average Bonchev–Trinajstić information content (AvgIpc) is 2.71. The molecule has 7 N–H and O–H groups in total. The summed E-state index contributed by atoms with van der Waals surface area (Å²) in [5.74, 6) is 0.361. The highest BCUT2D eigenvalue weighted by Crippen LogP contribution is 2.30. The summed E-state index contributed by atoms with van der Waals surface area (Å²) in [5, 5.41) is 54.7. The quantitative estimate of drug-likeness (QED) is 0.267. The maximum Gasteiger partial charge on any atom is 0.157 e. The lowest BCUT2D eigenvalue weighted by Gasteiger charge is -2.30. The van der Waals surface area contributed by atoms with E-state index in [1.54, 1.807) is 18.2 Å². The third-order valence-electron chi connectivity index (χ3n) is 5.61. The first kappa shape index (κ1) is 21.2. The number of hydrogen-bond acceptors (Lipinski definition) is 7. The number of hydrogen-bond donors (Lipinski definition) is 7. The lowest BCUT2D eigenvalue weighted by atomic mass is 9.81. The number of aliphatic hydroxyl groups excluding tert-OH is 1. The summed E-state index contributed by atoms with van der Waals surface area (Å²) < 4.78 is 0. The van der Waals surface area contributed by atoms with Gasteiger partial charge in [-0.25, -0.2) is 0 Å². The molecule has 0 heterocycles. The Hall–Kier alpha value is -2.48. The molecular formula is C22H30N2O5. The Balaban J connectivity index is 1.41. The van der Waals surface area contributed by atoms with E-state index in [0.717, 1.165) is 31.4 Å². The molecule has 0 bridgehead atoms. The third kappa shape index (κ3) is 6.00. The van der Waals surface area contributed by atoms with E-state index in [-0.39, 0.29) is 23.0 Å². The van der Waals surface area contributed by atoms with Crippen LogP contribution in [0, 0.1) is 11.8 Å². The van der Waals surface area contributed by atoms with E-state index in [1.165, 1.54) is 24.6 Å². The predicted molar refractivity (Wildman–Crippen MR) is 110 cm³/mol. The Morgan fingerprint density at radius 2 is 1.48 bits per heavy atom. The van der Waals surface area contributed by atoms with Crippen LogP contribution < -0.4 is 10.6 Å². The number of aromatic hydroxyl groups is 4. The minimum absolute atomic E-state index is 0.103. The Bertz CT molecular complexity index is 814. The van der Waals surface area contributed by atoms with Gasteiger partial charge in [-0.1, -0.05) is 18.6 Å². The molecule has 0 radical (unpaired) electrons. The highest BCUT2D eigenvalue weighted by atomic mass is 16.3. The number of phenols is 4. The van der Waals surface area contributed by atoms with E-state index in [2.05, 4.69) is 10.6 Å². The monoisotopic (exact) mass is 402 g/mol. The number of nitrogens with one attached hydrogen (secondary N) is 2. The van der Waals surface area contributed by atoms with Gasteiger partial charge in [0, 0.05) is 13.1 Å². The molecule has 3 atom stereocenters. The number of aliphatic hydroxyl groups is 1. The first-order valence-corrected chi connectivity index (χ1v) is 10.1. The zero-order valence-electron chi connectivity index (χ0n) is 16.4. The first-order valence-electron chi connectivity index (χ1n) is 10.1. The number of rotatable bonds is 8. The van der Waals surface area contributed by atoms with E-state index in [0.29, 0.717) is 30.5 Å². The molecule has 7 heteroatoms. The fourth-order valence-electron chi connectivity index (χ4n) is 3.98. The van der Waals surface area contributed by atoms with E-state index in [4.69, 9.17) is 0 Å². The van der Waals surface area contributed by atoms with E-state index in [1.807, 2.05) is 0 Å². The van der Waals surface area contributed by atoms with Gasteiger partial charge in [-0.05, 0) is 73.0 Å². The van der Waals surface area contributed by atoms with Crippen molar-refractivity contribution in [1.82, 2.24) is 10.6 Å². The van der Waals surface area contributed by atoms with Crippen LogP contribution in [0.5, 0.6) is 23.0 Å². The first-order chi connectivity index (χ1) is 13.9. The van der Waals surface area contributed by atoms with Crippen molar-refractivity contribution in [3.05, 3.63) is 47.5 Å². The summed E-state index contributed by atoms with van der Waals surface area (Å²) in [6, 6.07) is 9.17. The second kappa shape index (κ2) is 9.82. The second-order valence-corrected chi connectivity index (χ2v) is 7.91. The standard InChI is InChI=1S/C22H30N2O5/c25-18-6-4-16(9-20(18)27)12-23-11-14-2-1-3-15(8-14)13-24-22(29)17-5-7-19(26)21(28)10-17/h4-7,9-10,14-15,22-29H,1-3,8,11-13H2/t14?,15?,22-/m1/s1. The highest BCUT2D eigenvalue weighted by molar-refractivity contribution is 5.41. The Labute approximate surface area is 170 Å². The van der Waals surface area contributed by atoms with Crippen LogP contribution >= 0.6 is 0 Å². The average molecular weight is 402 g/mol. The molecule has 1 fully saturated rings. The van der Waals surface area contributed by atoms with Crippen molar-refractivity contribution >= 4 is 0 Å². The molecule has 158 valence electrons. The van der Waals surface area contributed by atoms with Gasteiger partial charge in [0.05, 0.1) is 0 Å². The lowest BCUT2D eigenvalue weighted by Crippen LogP contribution is -2.33. The topological polar surface area (TPSA) is 125 Å². The van der Waals surface area contributed by atoms with Crippen molar-refractivity contribution < 1.29 is 25.5 Å². The number of phenolic OH excluding ortho intramolecular Hbond substituents is 4. The fourth-order valence-corrected chi connectivity index (χ4v) is 3.98. The molecule has 2 unspecified atom stereocenters. The van der Waals surface area contributed by atoms with Crippen LogP contribution in [0.2, 0.25) is 0 Å². The van der Waals surface area contributed by atoms with Crippen molar-refractivity contribution in [1.29, 1.82) is 0 Å². The van der Waals surface area contributed by atoms with Crippen molar-refractivity contribution in [2.75, 3.05) is 13.1 Å². The molecule has 0 aliphatic heterocycles. The SMILES string of the molecule is Oc1ccc(CNCC2CCCC(CN[C@H](O)c3ccc(O)c(O)c3)C2)cc1O. The maximum atomic E-state index is 10.3. The Morgan fingerprint density at radius 1 is 0.828 bits per heavy atom. The van der Waals surface area contributed by atoms with E-state index in [9.17, 15) is 25.5 Å². The highest BCUT2D eigenvalue weighted by Gasteiger charge is 2.22. The largest absolute Gasteiger partial charge is 0.504 e.